The number of para-hydroxylation sites is 2. The molecule has 0 spiro atoms. The van der Waals surface area contributed by atoms with Gasteiger partial charge in [0.15, 0.2) is 0 Å². The number of benzene rings is 6. The summed E-state index contributed by atoms with van der Waals surface area (Å²) >= 11 is 0. The van der Waals surface area contributed by atoms with E-state index in [0.29, 0.717) is 33.3 Å². The molecule has 72 heavy (non-hydrogen) atoms. The molecule has 0 aliphatic heterocycles. The number of aryl methyl sites for hydroxylation is 1. The molecule has 0 N–H and O–H groups in total. The van der Waals surface area contributed by atoms with Crippen molar-refractivity contribution in [2.45, 2.75) is 125 Å². The summed E-state index contributed by atoms with van der Waals surface area (Å²) in [4.78, 5) is 19.1. The second-order valence-corrected chi connectivity index (χ2v) is 22.5. The van der Waals surface area contributed by atoms with Crippen LogP contribution in [0.5, 0.6) is 0 Å². The fourth-order valence-corrected chi connectivity index (χ4v) is 9.16. The van der Waals surface area contributed by atoms with Gasteiger partial charge in [-0.3, -0.25) is 19.9 Å². The molecular formula is C65H67IrN5O-2. The Morgan fingerprint density at radius 2 is 1.29 bits per heavy atom. The maximum absolute atomic E-state index is 8.62. The number of pyridine rings is 1. The van der Waals surface area contributed by atoms with Crippen LogP contribution < -0.4 is 0 Å². The quantitative estimate of drug-likeness (QED) is 0.149. The van der Waals surface area contributed by atoms with Crippen LogP contribution in [0.3, 0.4) is 0 Å². The third kappa shape index (κ3) is 10.4. The smallest absolute Gasteiger partial charge is 0.124 e. The maximum atomic E-state index is 8.62. The molecule has 1 radical (unpaired) electrons. The zero-order chi connectivity index (χ0) is 53.1. The van der Waals surface area contributed by atoms with Crippen LogP contribution in [0, 0.1) is 19.0 Å². The number of furan rings is 1. The first-order valence-electron chi connectivity index (χ1n) is 26.3. The van der Waals surface area contributed by atoms with E-state index in [2.05, 4.69) is 177 Å². The van der Waals surface area contributed by atoms with Crippen LogP contribution in [0.15, 0.2) is 144 Å². The maximum Gasteiger partial charge on any atom is 0.124 e. The fourth-order valence-electron chi connectivity index (χ4n) is 9.16. The van der Waals surface area contributed by atoms with Crippen LogP contribution in [0.1, 0.15) is 139 Å². The standard InChI is InChI=1S/C51H52N3O.C14H15N2.Ir/c1-30(2)39-25-34(33-17-13-12-14-18-33)26-40(31(3)4)47(39)54-44-20-16-15-19-42(44)53-49(54)38-22-21-32(5)46-41-29-52-43(28-45(41)55-48(38)46)35-23-36(50(6,7)8)27-37(24-35)51(9,10)11;1-14(2,3)12-9-10-15-13(16-12)11-7-5-4-6-8-11;/h12-21,23-31H,1-11H3;4-7,9-10H,1-3H3;/q2*-1;/i5D3;;. The summed E-state index contributed by atoms with van der Waals surface area (Å²) in [6.07, 6.45) is 3.58. The minimum absolute atomic E-state index is 0. The summed E-state index contributed by atoms with van der Waals surface area (Å²) in [6, 6.07) is 49.9. The van der Waals surface area contributed by atoms with Gasteiger partial charge in [-0.25, -0.2) is 0 Å². The first-order chi connectivity index (χ1) is 34.9. The van der Waals surface area contributed by atoms with Crippen molar-refractivity contribution in [3.05, 3.63) is 185 Å². The Labute approximate surface area is 445 Å². The third-order valence-corrected chi connectivity index (χ3v) is 13.3. The molecule has 0 bridgehead atoms. The molecule has 10 aromatic rings. The van der Waals surface area contributed by atoms with E-state index >= 15 is 0 Å². The Balaban J connectivity index is 0.000000375. The molecule has 6 aromatic carbocycles. The van der Waals surface area contributed by atoms with Crippen LogP contribution in [0.4, 0.5) is 0 Å². The van der Waals surface area contributed by atoms with E-state index in [0.717, 1.165) is 45.1 Å². The van der Waals surface area contributed by atoms with Gasteiger partial charge in [0.25, 0.3) is 0 Å². The molecule has 0 fully saturated rings. The van der Waals surface area contributed by atoms with Crippen LogP contribution in [-0.4, -0.2) is 24.5 Å². The molecule has 0 saturated carbocycles. The predicted octanol–water partition coefficient (Wildman–Crippen LogP) is 17.5. The van der Waals surface area contributed by atoms with Crippen molar-refractivity contribution in [3.8, 4) is 50.8 Å². The van der Waals surface area contributed by atoms with E-state index in [-0.39, 0.29) is 53.7 Å². The molecule has 6 nitrogen and oxygen atoms in total. The molecule has 4 heterocycles. The largest absolute Gasteiger partial charge is 0.500 e. The van der Waals surface area contributed by atoms with Gasteiger partial charge in [0.2, 0.25) is 0 Å². The average Bonchev–Trinajstić information content (AvgIpc) is 3.94. The fraction of sp³-hybridized carbons (Fsp3) is 0.292. The summed E-state index contributed by atoms with van der Waals surface area (Å²) in [5, 5.41) is 1.15. The van der Waals surface area contributed by atoms with Crippen molar-refractivity contribution in [3.63, 3.8) is 0 Å². The summed E-state index contributed by atoms with van der Waals surface area (Å²) < 4.78 is 35.0. The molecule has 0 aliphatic rings. The number of aromatic nitrogens is 5. The van der Waals surface area contributed by atoms with E-state index in [1.165, 1.54) is 33.4 Å². The number of fused-ring (bicyclic) bond motifs is 4. The first-order valence-corrected chi connectivity index (χ1v) is 24.8. The van der Waals surface area contributed by atoms with Crippen molar-refractivity contribution in [1.82, 2.24) is 24.5 Å². The van der Waals surface area contributed by atoms with Crippen molar-refractivity contribution in [2.75, 3.05) is 0 Å². The van der Waals surface area contributed by atoms with Crippen LogP contribution >= 0.6 is 0 Å². The second-order valence-electron chi connectivity index (χ2n) is 22.5. The van der Waals surface area contributed by atoms with Gasteiger partial charge in [-0.1, -0.05) is 156 Å². The number of imidazole rings is 1. The van der Waals surface area contributed by atoms with E-state index < -0.39 is 6.85 Å². The Kier molecular flexibility index (Phi) is 13.4. The molecule has 369 valence electrons. The monoisotopic (exact) mass is 1130 g/mol. The predicted molar refractivity (Wildman–Crippen MR) is 297 cm³/mol. The number of rotatable bonds is 7. The Bertz CT molecular complexity index is 3600. The van der Waals surface area contributed by atoms with Crippen molar-refractivity contribution >= 4 is 33.0 Å². The van der Waals surface area contributed by atoms with E-state index in [9.17, 15) is 0 Å². The van der Waals surface area contributed by atoms with E-state index in [1.54, 1.807) is 12.3 Å². The zero-order valence-electron chi connectivity index (χ0n) is 46.9. The molecule has 0 amide bonds. The van der Waals surface area contributed by atoms with E-state index in [1.807, 2.05) is 66.9 Å². The summed E-state index contributed by atoms with van der Waals surface area (Å²) in [7, 11) is 0. The first kappa shape index (κ1) is 47.8. The topological polar surface area (TPSA) is 69.6 Å². The Morgan fingerprint density at radius 3 is 1.90 bits per heavy atom. The minimum atomic E-state index is -2.42. The van der Waals surface area contributed by atoms with Gasteiger partial charge in [-0.05, 0) is 98.5 Å². The van der Waals surface area contributed by atoms with Gasteiger partial charge in [0.1, 0.15) is 5.58 Å². The van der Waals surface area contributed by atoms with Crippen molar-refractivity contribution in [1.29, 1.82) is 0 Å². The van der Waals surface area contributed by atoms with Gasteiger partial charge in [0.05, 0.1) is 34.0 Å². The van der Waals surface area contributed by atoms with E-state index in [4.69, 9.17) is 18.5 Å². The van der Waals surface area contributed by atoms with Gasteiger partial charge < -0.3 is 8.98 Å². The second kappa shape index (κ2) is 20.2. The molecule has 7 heteroatoms. The van der Waals surface area contributed by atoms with Gasteiger partial charge >= 0.3 is 0 Å². The summed E-state index contributed by atoms with van der Waals surface area (Å²) in [5.74, 6) is 1.74. The SMILES string of the molecule is CC(C)(C)c1ccnc(-c2[c-]cccc2)n1.[2H]C([2H])([2H])c1c[c-]c(-c2nc3ccccc3n2-c2c(C(C)C)cc(-c3ccccc3)cc2C(C)C)c2oc3cc(-c4cc(C(C)(C)C)cc(C(C)(C)C)c4)ncc3c12.[Ir]. The molecular weight excluding hydrogens is 1060 g/mol. The van der Waals surface area contributed by atoms with Crippen molar-refractivity contribution in [2.24, 2.45) is 0 Å². The molecule has 0 aliphatic carbocycles. The molecule has 10 rings (SSSR count). The third-order valence-electron chi connectivity index (χ3n) is 13.3. The number of nitrogens with zero attached hydrogens (tertiary/aromatic N) is 5. The summed E-state index contributed by atoms with van der Waals surface area (Å²) in [6.45, 7) is 26.3. The number of hydrogen-bond donors (Lipinski definition) is 0. The Morgan fingerprint density at radius 1 is 0.639 bits per heavy atom. The summed E-state index contributed by atoms with van der Waals surface area (Å²) in [5.41, 5.74) is 15.4. The van der Waals surface area contributed by atoms with Crippen LogP contribution in [0.25, 0.3) is 83.8 Å². The van der Waals surface area contributed by atoms with Crippen LogP contribution in [0.2, 0.25) is 0 Å². The minimum Gasteiger partial charge on any atom is -0.500 e. The number of hydrogen-bond acceptors (Lipinski definition) is 5. The molecule has 0 unspecified atom stereocenters. The molecule has 4 aromatic heterocycles. The van der Waals surface area contributed by atoms with Gasteiger partial charge in [-0.15, -0.1) is 53.6 Å². The average molecular weight is 1130 g/mol. The van der Waals surface area contributed by atoms with Crippen LogP contribution in [-0.2, 0) is 36.4 Å². The van der Waals surface area contributed by atoms with Crippen molar-refractivity contribution < 1.29 is 28.6 Å². The Hall–Kier alpha value is -6.53. The van der Waals surface area contributed by atoms with Gasteiger partial charge in [0, 0.05) is 70.4 Å². The molecule has 0 atom stereocenters. The zero-order valence-corrected chi connectivity index (χ0v) is 46.3. The molecule has 0 saturated heterocycles. The normalized spacial score (nSPS) is 13.0. The van der Waals surface area contributed by atoms with Gasteiger partial charge in [-0.2, -0.15) is 0 Å².